The summed E-state index contributed by atoms with van der Waals surface area (Å²) >= 11 is 0. The fraction of sp³-hybridized carbons (Fsp3) is 0.889. The van der Waals surface area contributed by atoms with E-state index in [1.165, 1.54) is 0 Å². The third kappa shape index (κ3) is 3.44. The maximum Gasteiger partial charge on any atom is 0.449 e. The second-order valence-corrected chi connectivity index (χ2v) is 10.9. The van der Waals surface area contributed by atoms with Crippen molar-refractivity contribution >= 4 is 13.9 Å². The van der Waals surface area contributed by atoms with Gasteiger partial charge in [-0.1, -0.05) is 33.9 Å². The van der Waals surface area contributed by atoms with E-state index < -0.39 is 20.0 Å². The fourth-order valence-corrected chi connectivity index (χ4v) is 2.30. The molecule has 84 valence electrons. The smallest absolute Gasteiger partial charge is 0.290 e. The summed E-state index contributed by atoms with van der Waals surface area (Å²) in [5.41, 5.74) is 0. The lowest BCUT2D eigenvalue weighted by Crippen LogP contribution is -2.42. The highest BCUT2D eigenvalue weighted by Crippen LogP contribution is 2.40. The number of Topliss-reactive ketones (excluding diaryl/α,β-unsaturated/α-hetero) is 1. The number of alkyl halides is 3. The minimum Gasteiger partial charge on any atom is -0.290 e. The molecule has 0 bridgehead atoms. The summed E-state index contributed by atoms with van der Waals surface area (Å²) in [6.45, 7) is 9.31. The SMILES string of the molecule is CC(C)(C)[Si](C)(C)CC(=O)C(F)(F)F. The quantitative estimate of drug-likeness (QED) is 0.657. The van der Waals surface area contributed by atoms with Gasteiger partial charge in [-0.2, -0.15) is 13.2 Å². The molecule has 5 heteroatoms. The van der Waals surface area contributed by atoms with Gasteiger partial charge in [-0.3, -0.25) is 4.79 Å². The van der Waals surface area contributed by atoms with Crippen LogP contribution in [0.3, 0.4) is 0 Å². The molecule has 0 fully saturated rings. The molecule has 14 heavy (non-hydrogen) atoms. The number of ketones is 1. The van der Waals surface area contributed by atoms with E-state index in [1.54, 1.807) is 0 Å². The van der Waals surface area contributed by atoms with Crippen LogP contribution in [0.25, 0.3) is 0 Å². The van der Waals surface area contributed by atoms with Crippen molar-refractivity contribution in [1.29, 1.82) is 0 Å². The van der Waals surface area contributed by atoms with Gasteiger partial charge in [-0.05, 0) is 5.04 Å². The zero-order valence-corrected chi connectivity index (χ0v) is 10.2. The standard InChI is InChI=1S/C9H17F3OSi/c1-8(2,3)14(4,5)6-7(13)9(10,11)12/h6H2,1-5H3. The van der Waals surface area contributed by atoms with E-state index in [1.807, 2.05) is 33.9 Å². The van der Waals surface area contributed by atoms with Gasteiger partial charge in [0, 0.05) is 6.04 Å². The normalized spacial score (nSPS) is 14.3. The largest absolute Gasteiger partial charge is 0.449 e. The van der Waals surface area contributed by atoms with Gasteiger partial charge >= 0.3 is 6.18 Å². The Morgan fingerprint density at radius 3 is 1.71 bits per heavy atom. The molecule has 0 rings (SSSR count). The van der Waals surface area contributed by atoms with Gasteiger partial charge in [0.2, 0.25) is 5.78 Å². The lowest BCUT2D eigenvalue weighted by Gasteiger charge is -2.36. The van der Waals surface area contributed by atoms with Gasteiger partial charge in [0.05, 0.1) is 8.07 Å². The minimum atomic E-state index is -4.67. The number of hydrogen-bond acceptors (Lipinski definition) is 1. The average Bonchev–Trinajstić information content (AvgIpc) is 1.80. The number of rotatable bonds is 2. The van der Waals surface area contributed by atoms with Crippen LogP contribution in [-0.4, -0.2) is 20.0 Å². The molecule has 0 aliphatic rings. The Morgan fingerprint density at radius 1 is 1.14 bits per heavy atom. The molecular weight excluding hydrogens is 209 g/mol. The molecule has 0 aromatic heterocycles. The fourth-order valence-electron chi connectivity index (χ4n) is 0.767. The zero-order valence-electron chi connectivity index (χ0n) is 9.25. The van der Waals surface area contributed by atoms with Crippen molar-refractivity contribution in [1.82, 2.24) is 0 Å². The summed E-state index contributed by atoms with van der Waals surface area (Å²) in [4.78, 5) is 10.8. The van der Waals surface area contributed by atoms with E-state index in [-0.39, 0.29) is 11.1 Å². The molecule has 0 N–H and O–H groups in total. The maximum atomic E-state index is 12.0. The Kier molecular flexibility index (Phi) is 3.59. The second kappa shape index (κ2) is 3.68. The van der Waals surface area contributed by atoms with Crippen LogP contribution in [0.4, 0.5) is 13.2 Å². The summed E-state index contributed by atoms with van der Waals surface area (Å²) < 4.78 is 36.1. The third-order valence-electron chi connectivity index (χ3n) is 2.95. The molecule has 0 saturated heterocycles. The summed E-state index contributed by atoms with van der Waals surface area (Å²) in [6, 6.07) is -0.319. The average molecular weight is 226 g/mol. The highest BCUT2D eigenvalue weighted by Gasteiger charge is 2.45. The van der Waals surface area contributed by atoms with Crippen molar-refractivity contribution in [2.75, 3.05) is 0 Å². The molecule has 0 spiro atoms. The van der Waals surface area contributed by atoms with Crippen molar-refractivity contribution in [3.05, 3.63) is 0 Å². The molecule has 0 aliphatic carbocycles. The summed E-state index contributed by atoms with van der Waals surface area (Å²) in [7, 11) is -2.15. The van der Waals surface area contributed by atoms with Crippen LogP contribution in [0.2, 0.25) is 24.2 Å². The van der Waals surface area contributed by atoms with E-state index in [2.05, 4.69) is 0 Å². The second-order valence-electron chi connectivity index (χ2n) is 5.23. The first-order valence-electron chi connectivity index (χ1n) is 4.48. The van der Waals surface area contributed by atoms with E-state index in [4.69, 9.17) is 0 Å². The molecular formula is C9H17F3OSi. The van der Waals surface area contributed by atoms with Crippen molar-refractivity contribution in [3.63, 3.8) is 0 Å². The number of halogens is 3. The lowest BCUT2D eigenvalue weighted by molar-refractivity contribution is -0.168. The highest BCUT2D eigenvalue weighted by molar-refractivity contribution is 6.82. The molecule has 0 aliphatic heterocycles. The van der Waals surface area contributed by atoms with Gasteiger partial charge in [0.25, 0.3) is 0 Å². The minimum absolute atomic E-state index is 0.187. The van der Waals surface area contributed by atoms with Crippen molar-refractivity contribution in [3.8, 4) is 0 Å². The van der Waals surface area contributed by atoms with E-state index in [0.717, 1.165) is 0 Å². The molecule has 0 heterocycles. The molecule has 0 radical (unpaired) electrons. The Balaban J connectivity index is 4.62. The lowest BCUT2D eigenvalue weighted by atomic mass is 10.2. The molecule has 0 aromatic carbocycles. The molecule has 1 nitrogen and oxygen atoms in total. The maximum absolute atomic E-state index is 12.0. The van der Waals surface area contributed by atoms with E-state index >= 15 is 0 Å². The Hall–Kier alpha value is -0.323. The first-order chi connectivity index (χ1) is 5.88. The number of carbonyl (C=O) groups is 1. The predicted octanol–water partition coefficient (Wildman–Crippen LogP) is 3.63. The van der Waals surface area contributed by atoms with Gasteiger partial charge in [0.15, 0.2) is 0 Å². The van der Waals surface area contributed by atoms with Crippen molar-refractivity contribution < 1.29 is 18.0 Å². The van der Waals surface area contributed by atoms with Crippen LogP contribution in [0, 0.1) is 0 Å². The van der Waals surface area contributed by atoms with Crippen molar-refractivity contribution in [2.45, 2.75) is 51.1 Å². The van der Waals surface area contributed by atoms with Gasteiger partial charge in [-0.15, -0.1) is 0 Å². The topological polar surface area (TPSA) is 17.1 Å². The van der Waals surface area contributed by atoms with Crippen LogP contribution < -0.4 is 0 Å². The Labute approximate surface area is 83.7 Å². The highest BCUT2D eigenvalue weighted by atomic mass is 28.3. The summed E-state index contributed by atoms with van der Waals surface area (Å²) in [6.07, 6.45) is -4.67. The Bertz CT molecular complexity index is 225. The number of carbonyl (C=O) groups excluding carboxylic acids is 1. The van der Waals surface area contributed by atoms with Crippen LogP contribution in [0.15, 0.2) is 0 Å². The third-order valence-corrected chi connectivity index (χ3v) is 8.21. The molecule has 0 amide bonds. The number of hydrogen-bond donors (Lipinski definition) is 0. The van der Waals surface area contributed by atoms with Crippen molar-refractivity contribution in [2.24, 2.45) is 0 Å². The molecule has 0 aromatic rings. The van der Waals surface area contributed by atoms with Gasteiger partial charge in [-0.25, -0.2) is 0 Å². The first kappa shape index (κ1) is 13.7. The molecule has 0 atom stereocenters. The summed E-state index contributed by atoms with van der Waals surface area (Å²) in [5, 5.41) is -0.187. The Morgan fingerprint density at radius 2 is 1.50 bits per heavy atom. The molecule has 0 saturated carbocycles. The monoisotopic (exact) mass is 226 g/mol. The van der Waals surface area contributed by atoms with Gasteiger partial charge in [0.1, 0.15) is 0 Å². The van der Waals surface area contributed by atoms with E-state index in [0.29, 0.717) is 0 Å². The zero-order chi connectivity index (χ0) is 11.8. The van der Waals surface area contributed by atoms with Crippen LogP contribution in [-0.2, 0) is 4.79 Å². The van der Waals surface area contributed by atoms with Crippen LogP contribution in [0.5, 0.6) is 0 Å². The summed E-state index contributed by atoms with van der Waals surface area (Å²) in [5.74, 6) is -1.58. The van der Waals surface area contributed by atoms with Gasteiger partial charge < -0.3 is 0 Å². The van der Waals surface area contributed by atoms with Crippen LogP contribution in [0.1, 0.15) is 20.8 Å². The first-order valence-corrected chi connectivity index (χ1v) is 7.69. The van der Waals surface area contributed by atoms with Crippen LogP contribution >= 0.6 is 0 Å². The predicted molar refractivity (Wildman–Crippen MR) is 53.1 cm³/mol. The van der Waals surface area contributed by atoms with E-state index in [9.17, 15) is 18.0 Å². The molecule has 0 unspecified atom stereocenters.